The van der Waals surface area contributed by atoms with Crippen molar-refractivity contribution in [3.63, 3.8) is 0 Å². The molecule has 0 aliphatic carbocycles. The van der Waals surface area contributed by atoms with E-state index < -0.39 is 0 Å². The number of urea groups is 1. The Morgan fingerprint density at radius 2 is 2.23 bits per heavy atom. The topological polar surface area (TPSA) is 81.1 Å². The van der Waals surface area contributed by atoms with Crippen molar-refractivity contribution < 1.29 is 9.53 Å². The number of aromatic nitrogens is 3. The molecular weight excluding hydrogens is 282 g/mol. The van der Waals surface area contributed by atoms with Crippen molar-refractivity contribution in [2.24, 2.45) is 5.92 Å². The van der Waals surface area contributed by atoms with Crippen molar-refractivity contribution in [2.45, 2.75) is 27.3 Å². The SMILES string of the molecule is CCOc1ncccc1NC(=O)Nc1cnn(CC(C)C)c1. The standard InChI is InChI=1S/C15H21N5O2/c1-4-22-14-13(6-5-7-16-14)19-15(21)18-12-8-17-20(10-12)9-11(2)3/h5-8,10-11H,4,9H2,1-3H3,(H2,18,19,21). The molecule has 0 bridgehead atoms. The first-order chi connectivity index (χ1) is 10.6. The summed E-state index contributed by atoms with van der Waals surface area (Å²) < 4.78 is 7.17. The van der Waals surface area contributed by atoms with Crippen LogP contribution >= 0.6 is 0 Å². The van der Waals surface area contributed by atoms with Crippen LogP contribution in [0.3, 0.4) is 0 Å². The fourth-order valence-electron chi connectivity index (χ4n) is 1.92. The first-order valence-corrected chi connectivity index (χ1v) is 7.26. The maximum Gasteiger partial charge on any atom is 0.323 e. The molecule has 2 heterocycles. The highest BCUT2D eigenvalue weighted by molar-refractivity contribution is 6.00. The number of amides is 2. The van der Waals surface area contributed by atoms with E-state index >= 15 is 0 Å². The van der Waals surface area contributed by atoms with Gasteiger partial charge in [0.1, 0.15) is 5.69 Å². The fourth-order valence-corrected chi connectivity index (χ4v) is 1.92. The Hall–Kier alpha value is -2.57. The van der Waals surface area contributed by atoms with Crippen molar-refractivity contribution >= 4 is 17.4 Å². The summed E-state index contributed by atoms with van der Waals surface area (Å²) in [6, 6.07) is 3.11. The molecule has 2 aromatic rings. The van der Waals surface area contributed by atoms with Gasteiger partial charge in [0, 0.05) is 18.9 Å². The van der Waals surface area contributed by atoms with Gasteiger partial charge in [0.15, 0.2) is 0 Å². The Morgan fingerprint density at radius 3 is 2.95 bits per heavy atom. The third-order valence-electron chi connectivity index (χ3n) is 2.74. The molecule has 0 spiro atoms. The number of hydrogen-bond acceptors (Lipinski definition) is 4. The van der Waals surface area contributed by atoms with Gasteiger partial charge in [0.05, 0.1) is 18.5 Å². The van der Waals surface area contributed by atoms with Gasteiger partial charge in [0.25, 0.3) is 0 Å². The van der Waals surface area contributed by atoms with Crippen LogP contribution in [0.5, 0.6) is 5.88 Å². The molecule has 2 rings (SSSR count). The molecule has 0 saturated heterocycles. The van der Waals surface area contributed by atoms with Gasteiger partial charge in [-0.15, -0.1) is 0 Å². The molecule has 7 nitrogen and oxygen atoms in total. The minimum absolute atomic E-state index is 0.363. The lowest BCUT2D eigenvalue weighted by molar-refractivity contribution is 0.262. The second-order valence-corrected chi connectivity index (χ2v) is 5.21. The minimum Gasteiger partial charge on any atom is -0.476 e. The third kappa shape index (κ3) is 4.47. The van der Waals surface area contributed by atoms with Gasteiger partial charge in [-0.1, -0.05) is 13.8 Å². The summed E-state index contributed by atoms with van der Waals surface area (Å²) >= 11 is 0. The summed E-state index contributed by atoms with van der Waals surface area (Å²) in [5.41, 5.74) is 1.16. The monoisotopic (exact) mass is 303 g/mol. The number of anilines is 2. The molecular formula is C15H21N5O2. The highest BCUT2D eigenvalue weighted by Gasteiger charge is 2.09. The lowest BCUT2D eigenvalue weighted by Gasteiger charge is -2.10. The fraction of sp³-hybridized carbons (Fsp3) is 0.400. The van der Waals surface area contributed by atoms with Crippen LogP contribution < -0.4 is 15.4 Å². The van der Waals surface area contributed by atoms with E-state index in [2.05, 4.69) is 34.6 Å². The minimum atomic E-state index is -0.363. The molecule has 0 aromatic carbocycles. The lowest BCUT2D eigenvalue weighted by Crippen LogP contribution is -2.20. The molecule has 7 heteroatoms. The molecule has 0 aliphatic heterocycles. The Kier molecular flexibility index (Phi) is 5.35. The van der Waals surface area contributed by atoms with E-state index in [0.29, 0.717) is 29.8 Å². The number of hydrogen-bond donors (Lipinski definition) is 2. The molecule has 22 heavy (non-hydrogen) atoms. The van der Waals surface area contributed by atoms with Gasteiger partial charge in [-0.3, -0.25) is 4.68 Å². The Bertz CT molecular complexity index is 624. The van der Waals surface area contributed by atoms with E-state index in [1.807, 2.05) is 6.92 Å². The van der Waals surface area contributed by atoms with Gasteiger partial charge in [0.2, 0.25) is 5.88 Å². The zero-order valence-electron chi connectivity index (χ0n) is 13.0. The number of rotatable bonds is 6. The Balaban J connectivity index is 1.97. The van der Waals surface area contributed by atoms with Gasteiger partial charge < -0.3 is 15.4 Å². The van der Waals surface area contributed by atoms with E-state index in [0.717, 1.165) is 6.54 Å². The average Bonchev–Trinajstić information content (AvgIpc) is 2.87. The first kappa shape index (κ1) is 15.8. The number of nitrogens with zero attached hydrogens (tertiary/aromatic N) is 3. The quantitative estimate of drug-likeness (QED) is 0.859. The van der Waals surface area contributed by atoms with Crippen molar-refractivity contribution in [1.82, 2.24) is 14.8 Å². The van der Waals surface area contributed by atoms with Gasteiger partial charge >= 0.3 is 6.03 Å². The van der Waals surface area contributed by atoms with Gasteiger partial charge in [-0.05, 0) is 25.0 Å². The van der Waals surface area contributed by atoms with E-state index in [9.17, 15) is 4.79 Å². The smallest absolute Gasteiger partial charge is 0.323 e. The maximum atomic E-state index is 12.0. The van der Waals surface area contributed by atoms with Crippen LogP contribution in [0.1, 0.15) is 20.8 Å². The molecule has 0 radical (unpaired) electrons. The van der Waals surface area contributed by atoms with Crippen LogP contribution in [0.2, 0.25) is 0 Å². The number of carbonyl (C=O) groups excluding carboxylic acids is 1. The van der Waals surface area contributed by atoms with E-state index in [4.69, 9.17) is 4.74 Å². The summed E-state index contributed by atoms with van der Waals surface area (Å²) in [6.07, 6.45) is 5.03. The zero-order valence-corrected chi connectivity index (χ0v) is 13.0. The molecule has 2 N–H and O–H groups in total. The molecule has 2 amide bonds. The normalized spacial score (nSPS) is 10.5. The third-order valence-corrected chi connectivity index (χ3v) is 2.74. The van der Waals surface area contributed by atoms with Crippen LogP contribution in [-0.4, -0.2) is 27.4 Å². The predicted molar refractivity (Wildman–Crippen MR) is 85.1 cm³/mol. The highest BCUT2D eigenvalue weighted by atomic mass is 16.5. The van der Waals surface area contributed by atoms with E-state index in [1.54, 1.807) is 35.4 Å². The second kappa shape index (κ2) is 7.44. The number of carbonyl (C=O) groups is 1. The van der Waals surface area contributed by atoms with Crippen molar-refractivity contribution in [2.75, 3.05) is 17.2 Å². The highest BCUT2D eigenvalue weighted by Crippen LogP contribution is 2.20. The predicted octanol–water partition coefficient (Wildman–Crippen LogP) is 2.98. The van der Waals surface area contributed by atoms with Crippen LogP contribution in [0.4, 0.5) is 16.2 Å². The van der Waals surface area contributed by atoms with Gasteiger partial charge in [-0.25, -0.2) is 9.78 Å². The Morgan fingerprint density at radius 1 is 1.41 bits per heavy atom. The summed E-state index contributed by atoms with van der Waals surface area (Å²) in [5, 5.41) is 9.66. The van der Waals surface area contributed by atoms with Crippen molar-refractivity contribution in [3.05, 3.63) is 30.7 Å². The molecule has 0 atom stereocenters. The van der Waals surface area contributed by atoms with Crippen LogP contribution in [0, 0.1) is 5.92 Å². The molecule has 0 unspecified atom stereocenters. The van der Waals surface area contributed by atoms with Crippen molar-refractivity contribution in [3.8, 4) is 5.88 Å². The summed E-state index contributed by atoms with van der Waals surface area (Å²) in [7, 11) is 0. The zero-order chi connectivity index (χ0) is 15.9. The van der Waals surface area contributed by atoms with Crippen LogP contribution in [-0.2, 0) is 6.54 Å². The average molecular weight is 303 g/mol. The van der Waals surface area contributed by atoms with Crippen LogP contribution in [0.25, 0.3) is 0 Å². The van der Waals surface area contributed by atoms with E-state index in [-0.39, 0.29) is 6.03 Å². The summed E-state index contributed by atoms with van der Waals surface area (Å²) in [5.74, 6) is 0.890. The molecule has 0 aliphatic rings. The second-order valence-electron chi connectivity index (χ2n) is 5.21. The molecule has 2 aromatic heterocycles. The summed E-state index contributed by atoms with van der Waals surface area (Å²) in [4.78, 5) is 16.1. The molecule has 118 valence electrons. The number of nitrogens with one attached hydrogen (secondary N) is 2. The summed E-state index contributed by atoms with van der Waals surface area (Å²) in [6.45, 7) is 7.37. The largest absolute Gasteiger partial charge is 0.476 e. The van der Waals surface area contributed by atoms with Crippen LogP contribution in [0.15, 0.2) is 30.7 Å². The number of ether oxygens (including phenoxy) is 1. The first-order valence-electron chi connectivity index (χ1n) is 7.26. The van der Waals surface area contributed by atoms with Gasteiger partial charge in [-0.2, -0.15) is 5.10 Å². The lowest BCUT2D eigenvalue weighted by atomic mass is 10.2. The number of pyridine rings is 1. The van der Waals surface area contributed by atoms with E-state index in [1.165, 1.54) is 0 Å². The Labute approximate surface area is 129 Å². The van der Waals surface area contributed by atoms with Crippen molar-refractivity contribution in [1.29, 1.82) is 0 Å². The molecule has 0 saturated carbocycles. The molecule has 0 fully saturated rings. The maximum absolute atomic E-state index is 12.0.